The number of hydrogen-bond donors (Lipinski definition) is 1. The summed E-state index contributed by atoms with van der Waals surface area (Å²) < 4.78 is 13.2. The number of rotatable bonds is 8. The molecule has 0 aliphatic carbocycles. The third-order valence-corrected chi connectivity index (χ3v) is 4.48. The van der Waals surface area contributed by atoms with Gasteiger partial charge in [0, 0.05) is 25.4 Å². The Hall–Kier alpha value is -2.59. The van der Waals surface area contributed by atoms with Gasteiger partial charge in [0.1, 0.15) is 11.6 Å². The lowest BCUT2D eigenvalue weighted by Gasteiger charge is -2.24. The number of nitrogens with zero attached hydrogens (tertiary/aromatic N) is 4. The topological polar surface area (TPSA) is 85.0 Å². The molecule has 7 heteroatoms. The number of ether oxygens (including phenoxy) is 2. The van der Waals surface area contributed by atoms with Crippen molar-refractivity contribution in [3.8, 4) is 17.6 Å². The summed E-state index contributed by atoms with van der Waals surface area (Å²) in [5.41, 5.74) is 1.14. The summed E-state index contributed by atoms with van der Waals surface area (Å²) in [4.78, 5) is 4.45. The Morgan fingerprint density at radius 2 is 2.27 bits per heavy atom. The number of fused-ring (bicyclic) bond motifs is 1. The fourth-order valence-electron chi connectivity index (χ4n) is 3.14. The predicted octanol–water partition coefficient (Wildman–Crippen LogP) is 2.38. The van der Waals surface area contributed by atoms with E-state index < -0.39 is 0 Å². The van der Waals surface area contributed by atoms with Gasteiger partial charge in [-0.25, -0.2) is 9.67 Å². The molecule has 2 aromatic rings. The first-order valence-corrected chi connectivity index (χ1v) is 9.00. The lowest BCUT2D eigenvalue weighted by Crippen LogP contribution is -2.37. The van der Waals surface area contributed by atoms with Crippen molar-refractivity contribution in [1.29, 1.82) is 5.26 Å². The number of aryl methyl sites for hydroxylation is 2. The van der Waals surface area contributed by atoms with Crippen LogP contribution in [0.25, 0.3) is 0 Å². The first-order chi connectivity index (χ1) is 12.7. The summed E-state index contributed by atoms with van der Waals surface area (Å²) in [7, 11) is 1.63. The highest BCUT2D eigenvalue weighted by atomic mass is 16.5. The molecule has 1 aromatic heterocycles. The predicted molar refractivity (Wildman–Crippen MR) is 97.0 cm³/mol. The highest BCUT2D eigenvalue weighted by molar-refractivity contribution is 5.43. The molecule has 0 fully saturated rings. The molecule has 1 unspecified atom stereocenters. The summed E-state index contributed by atoms with van der Waals surface area (Å²) in [6.45, 7) is 4.05. The summed E-state index contributed by atoms with van der Waals surface area (Å²) in [5, 5.41) is 16.7. The molecule has 26 heavy (non-hydrogen) atoms. The molecule has 138 valence electrons. The molecule has 1 N–H and O–H groups in total. The summed E-state index contributed by atoms with van der Waals surface area (Å²) in [6.07, 6.45) is 3.22. The van der Waals surface area contributed by atoms with E-state index in [9.17, 15) is 0 Å². The Labute approximate surface area is 153 Å². The van der Waals surface area contributed by atoms with Crippen molar-refractivity contribution in [2.45, 2.75) is 51.7 Å². The number of nitrogens with one attached hydrogen (secondary N) is 1. The molecule has 0 spiro atoms. The second-order valence-electron chi connectivity index (χ2n) is 6.47. The lowest BCUT2D eigenvalue weighted by atomic mass is 10.1. The second kappa shape index (κ2) is 8.68. The number of aromatic nitrogens is 3. The second-order valence-corrected chi connectivity index (χ2v) is 6.47. The molecule has 2 heterocycles. The number of unbranched alkanes of at least 4 members (excludes halogenated alkanes) is 1. The smallest absolute Gasteiger partial charge is 0.161 e. The van der Waals surface area contributed by atoms with Crippen molar-refractivity contribution in [2.75, 3.05) is 13.7 Å². The number of benzene rings is 1. The van der Waals surface area contributed by atoms with E-state index in [-0.39, 0.29) is 0 Å². The minimum atomic E-state index is 0.380. The average Bonchev–Trinajstić information content (AvgIpc) is 3.03. The SMILES string of the molecule is COc1ccc(CNC2CCc3nc(C)nn3C2)cc1OCCCC#N. The zero-order valence-corrected chi connectivity index (χ0v) is 15.4. The van der Waals surface area contributed by atoms with Crippen molar-refractivity contribution in [2.24, 2.45) is 0 Å². The first kappa shape index (κ1) is 18.2. The summed E-state index contributed by atoms with van der Waals surface area (Å²) >= 11 is 0. The molecule has 1 aliphatic rings. The first-order valence-electron chi connectivity index (χ1n) is 9.00. The van der Waals surface area contributed by atoms with Crippen LogP contribution in [-0.2, 0) is 19.5 Å². The van der Waals surface area contributed by atoms with Gasteiger partial charge in [0.25, 0.3) is 0 Å². The molecule has 0 saturated carbocycles. The fourth-order valence-corrected chi connectivity index (χ4v) is 3.14. The lowest BCUT2D eigenvalue weighted by molar-refractivity contribution is 0.290. The molecule has 3 rings (SSSR count). The van der Waals surface area contributed by atoms with Crippen LogP contribution in [0.3, 0.4) is 0 Å². The van der Waals surface area contributed by atoms with E-state index in [1.165, 1.54) is 0 Å². The maximum Gasteiger partial charge on any atom is 0.161 e. The molecule has 1 aromatic carbocycles. The Morgan fingerprint density at radius 1 is 1.38 bits per heavy atom. The standard InChI is InChI=1S/C19H25N5O2/c1-14-22-19-8-6-16(13-24(19)23-14)21-12-15-5-7-17(25-2)18(11-15)26-10-4-3-9-20/h5,7,11,16,21H,3-4,6,8,10,12-13H2,1-2H3. The number of hydrogen-bond acceptors (Lipinski definition) is 6. The maximum absolute atomic E-state index is 8.62. The molecule has 0 saturated heterocycles. The maximum atomic E-state index is 8.62. The Bertz CT molecular complexity index is 781. The van der Waals surface area contributed by atoms with Gasteiger partial charge in [-0.1, -0.05) is 6.07 Å². The van der Waals surface area contributed by atoms with Gasteiger partial charge in [-0.15, -0.1) is 0 Å². The molecular formula is C19H25N5O2. The minimum absolute atomic E-state index is 0.380. The number of methoxy groups -OCH3 is 1. The van der Waals surface area contributed by atoms with Crippen LogP contribution in [0.2, 0.25) is 0 Å². The van der Waals surface area contributed by atoms with Crippen molar-refractivity contribution >= 4 is 0 Å². The van der Waals surface area contributed by atoms with Crippen LogP contribution in [0, 0.1) is 18.3 Å². The zero-order chi connectivity index (χ0) is 18.4. The van der Waals surface area contributed by atoms with Gasteiger partial charge in [0.15, 0.2) is 11.5 Å². The van der Waals surface area contributed by atoms with E-state index in [2.05, 4.69) is 21.5 Å². The third kappa shape index (κ3) is 4.52. The summed E-state index contributed by atoms with van der Waals surface area (Å²) in [6, 6.07) is 8.48. The number of nitriles is 1. The third-order valence-electron chi connectivity index (χ3n) is 4.48. The molecule has 1 aliphatic heterocycles. The van der Waals surface area contributed by atoms with Gasteiger partial charge >= 0.3 is 0 Å². The highest BCUT2D eigenvalue weighted by Crippen LogP contribution is 2.28. The van der Waals surface area contributed by atoms with E-state index in [0.717, 1.165) is 48.9 Å². The van der Waals surface area contributed by atoms with Crippen LogP contribution in [0.15, 0.2) is 18.2 Å². The van der Waals surface area contributed by atoms with E-state index in [1.807, 2.05) is 29.8 Å². The van der Waals surface area contributed by atoms with Crippen molar-refractivity contribution in [1.82, 2.24) is 20.1 Å². The fraction of sp³-hybridized carbons (Fsp3) is 0.526. The molecule has 7 nitrogen and oxygen atoms in total. The van der Waals surface area contributed by atoms with Crippen molar-refractivity contribution in [3.05, 3.63) is 35.4 Å². The highest BCUT2D eigenvalue weighted by Gasteiger charge is 2.20. The van der Waals surface area contributed by atoms with Crippen LogP contribution in [0.4, 0.5) is 0 Å². The van der Waals surface area contributed by atoms with Gasteiger partial charge in [-0.05, 0) is 37.5 Å². The van der Waals surface area contributed by atoms with Crippen LogP contribution in [-0.4, -0.2) is 34.5 Å². The monoisotopic (exact) mass is 355 g/mol. The van der Waals surface area contributed by atoms with Crippen LogP contribution in [0.1, 0.15) is 36.5 Å². The molecule has 0 radical (unpaired) electrons. The van der Waals surface area contributed by atoms with Crippen LogP contribution < -0.4 is 14.8 Å². The van der Waals surface area contributed by atoms with Crippen molar-refractivity contribution < 1.29 is 9.47 Å². The summed E-state index contributed by atoms with van der Waals surface area (Å²) in [5.74, 6) is 3.36. The Morgan fingerprint density at radius 3 is 3.08 bits per heavy atom. The molecule has 1 atom stereocenters. The minimum Gasteiger partial charge on any atom is -0.493 e. The molecule has 0 amide bonds. The van der Waals surface area contributed by atoms with Gasteiger partial charge in [-0.3, -0.25) is 0 Å². The Kier molecular flexibility index (Phi) is 6.08. The zero-order valence-electron chi connectivity index (χ0n) is 15.4. The normalized spacial score (nSPS) is 16.0. The van der Waals surface area contributed by atoms with E-state index >= 15 is 0 Å². The Balaban J connectivity index is 1.57. The van der Waals surface area contributed by atoms with Gasteiger partial charge in [-0.2, -0.15) is 10.4 Å². The molecular weight excluding hydrogens is 330 g/mol. The van der Waals surface area contributed by atoms with E-state index in [0.29, 0.717) is 31.2 Å². The van der Waals surface area contributed by atoms with Gasteiger partial charge < -0.3 is 14.8 Å². The van der Waals surface area contributed by atoms with Crippen LogP contribution in [0.5, 0.6) is 11.5 Å². The van der Waals surface area contributed by atoms with Gasteiger partial charge in [0.2, 0.25) is 0 Å². The van der Waals surface area contributed by atoms with Crippen LogP contribution >= 0.6 is 0 Å². The van der Waals surface area contributed by atoms with E-state index in [4.69, 9.17) is 14.7 Å². The largest absolute Gasteiger partial charge is 0.493 e. The van der Waals surface area contributed by atoms with E-state index in [1.54, 1.807) is 7.11 Å². The van der Waals surface area contributed by atoms with Gasteiger partial charge in [0.05, 0.1) is 26.3 Å². The average molecular weight is 355 g/mol. The quantitative estimate of drug-likeness (QED) is 0.732. The molecule has 0 bridgehead atoms. The van der Waals surface area contributed by atoms with Crippen molar-refractivity contribution in [3.63, 3.8) is 0 Å².